The second-order valence-electron chi connectivity index (χ2n) is 9.93. The predicted molar refractivity (Wildman–Crippen MR) is 142 cm³/mol. The molecule has 0 aromatic heterocycles. The third kappa shape index (κ3) is 6.40. The number of nitrogens with zero attached hydrogens (tertiary/aromatic N) is 3. The van der Waals surface area contributed by atoms with Gasteiger partial charge in [-0.1, -0.05) is 26.0 Å². The van der Waals surface area contributed by atoms with Crippen LogP contribution >= 0.6 is 0 Å². The van der Waals surface area contributed by atoms with Gasteiger partial charge in [-0.05, 0) is 86.7 Å². The van der Waals surface area contributed by atoms with Crippen LogP contribution in [-0.2, 0) is 16.5 Å². The standard InChI is InChI=1S/C25H37BN4O3S/c1-16(2)22-13-20(33-17(3)26)14-23(19-9-10-19)24(22)30(6)25(31)28-34(27,32)21-11-7-18(8-12-21)15-29(4)5/h7-8,11-14,16-17,19H,9-10,15,26H2,1-6H3,(H2,27,28,31,32). The van der Waals surface area contributed by atoms with Crippen LogP contribution in [0.25, 0.3) is 0 Å². The molecule has 1 saturated carbocycles. The number of anilines is 1. The number of carbonyl (C=O) groups is 1. The zero-order valence-electron chi connectivity index (χ0n) is 21.4. The molecule has 0 saturated heterocycles. The Morgan fingerprint density at radius 3 is 2.29 bits per heavy atom. The van der Waals surface area contributed by atoms with Crippen LogP contribution in [0.2, 0.25) is 0 Å². The van der Waals surface area contributed by atoms with E-state index in [9.17, 15) is 9.00 Å². The van der Waals surface area contributed by atoms with Gasteiger partial charge in [-0.25, -0.2) is 14.1 Å². The molecule has 1 aliphatic carbocycles. The normalized spacial score (nSPS) is 16.3. The Morgan fingerprint density at radius 2 is 1.79 bits per heavy atom. The van der Waals surface area contributed by atoms with E-state index in [0.717, 1.165) is 47.5 Å². The highest BCUT2D eigenvalue weighted by atomic mass is 32.2. The van der Waals surface area contributed by atoms with Crippen LogP contribution in [0.3, 0.4) is 0 Å². The molecule has 0 aliphatic heterocycles. The molecule has 184 valence electrons. The Balaban J connectivity index is 1.98. The van der Waals surface area contributed by atoms with Crippen molar-refractivity contribution >= 4 is 29.5 Å². The van der Waals surface area contributed by atoms with Crippen LogP contribution in [-0.4, -0.2) is 50.1 Å². The summed E-state index contributed by atoms with van der Waals surface area (Å²) in [5.41, 5.74) is 3.96. The van der Waals surface area contributed by atoms with Gasteiger partial charge in [-0.2, -0.15) is 0 Å². The average Bonchev–Trinajstić information content (AvgIpc) is 3.57. The van der Waals surface area contributed by atoms with Gasteiger partial charge in [0.25, 0.3) is 0 Å². The maximum atomic E-state index is 13.2. The number of hydrogen-bond acceptors (Lipinski definition) is 4. The van der Waals surface area contributed by atoms with E-state index in [0.29, 0.717) is 10.8 Å². The Bertz CT molecular complexity index is 1130. The lowest BCUT2D eigenvalue weighted by Crippen LogP contribution is -2.28. The van der Waals surface area contributed by atoms with Crippen molar-refractivity contribution < 1.29 is 13.7 Å². The quantitative estimate of drug-likeness (QED) is 0.573. The van der Waals surface area contributed by atoms with E-state index in [1.807, 2.05) is 58.0 Å². The Labute approximate surface area is 205 Å². The van der Waals surface area contributed by atoms with Crippen molar-refractivity contribution in [1.29, 1.82) is 0 Å². The molecule has 34 heavy (non-hydrogen) atoms. The number of hydrogen-bond donors (Lipinski definition) is 1. The summed E-state index contributed by atoms with van der Waals surface area (Å²) in [6.45, 7) is 6.93. The molecule has 9 heteroatoms. The minimum absolute atomic E-state index is 0.0540. The van der Waals surface area contributed by atoms with Gasteiger partial charge < -0.3 is 9.64 Å². The lowest BCUT2D eigenvalue weighted by Gasteiger charge is -2.26. The van der Waals surface area contributed by atoms with Gasteiger partial charge >= 0.3 is 6.03 Å². The van der Waals surface area contributed by atoms with Crippen LogP contribution in [0.15, 0.2) is 45.7 Å². The van der Waals surface area contributed by atoms with Gasteiger partial charge in [-0.3, -0.25) is 4.90 Å². The zero-order chi connectivity index (χ0) is 25.2. The van der Waals surface area contributed by atoms with Crippen molar-refractivity contribution in [3.8, 4) is 5.75 Å². The maximum Gasteiger partial charge on any atom is 0.357 e. The van der Waals surface area contributed by atoms with Crippen LogP contribution in [0.1, 0.15) is 62.1 Å². The van der Waals surface area contributed by atoms with E-state index >= 15 is 0 Å². The monoisotopic (exact) mass is 484 g/mol. The molecule has 2 aromatic rings. The molecule has 2 aromatic carbocycles. The molecule has 3 rings (SSSR count). The van der Waals surface area contributed by atoms with Crippen molar-refractivity contribution in [3.05, 3.63) is 53.1 Å². The first-order chi connectivity index (χ1) is 15.9. The molecule has 1 fully saturated rings. The summed E-state index contributed by atoms with van der Waals surface area (Å²) in [6.07, 6.45) is 2.14. The summed E-state index contributed by atoms with van der Waals surface area (Å²) < 4.78 is 23.2. The highest BCUT2D eigenvalue weighted by Crippen LogP contribution is 2.48. The molecule has 7 nitrogen and oxygen atoms in total. The molecule has 1 aliphatic rings. The van der Waals surface area contributed by atoms with Crippen molar-refractivity contribution in [2.45, 2.75) is 62.9 Å². The predicted octanol–water partition coefficient (Wildman–Crippen LogP) is 4.06. The second-order valence-corrected chi connectivity index (χ2v) is 11.7. The fourth-order valence-electron chi connectivity index (χ4n) is 4.01. The fourth-order valence-corrected chi connectivity index (χ4v) is 4.99. The van der Waals surface area contributed by atoms with E-state index in [1.165, 1.54) is 4.90 Å². The molecule has 2 N–H and O–H groups in total. The largest absolute Gasteiger partial charge is 0.500 e. The number of ether oxygens (including phenoxy) is 1. The van der Waals surface area contributed by atoms with Crippen LogP contribution in [0.5, 0.6) is 5.75 Å². The van der Waals surface area contributed by atoms with Crippen molar-refractivity contribution in [2.24, 2.45) is 9.50 Å². The third-order valence-corrected chi connectivity index (χ3v) is 7.12. The van der Waals surface area contributed by atoms with Crippen LogP contribution in [0.4, 0.5) is 10.5 Å². The zero-order valence-corrected chi connectivity index (χ0v) is 22.2. The highest BCUT2D eigenvalue weighted by molar-refractivity contribution is 7.91. The second kappa shape index (κ2) is 10.5. The lowest BCUT2D eigenvalue weighted by molar-refractivity contribution is 0.255. The number of rotatable bonds is 8. The molecular formula is C25H37BN4O3S. The first kappa shape index (κ1) is 26.3. The number of nitrogens with two attached hydrogens (primary N) is 1. The number of urea groups is 1. The molecule has 2 unspecified atom stereocenters. The van der Waals surface area contributed by atoms with Gasteiger partial charge in [0.15, 0.2) is 7.85 Å². The van der Waals surface area contributed by atoms with E-state index in [-0.39, 0.29) is 11.9 Å². The van der Waals surface area contributed by atoms with Crippen molar-refractivity contribution in [2.75, 3.05) is 26.0 Å². The topological polar surface area (TPSA) is 88.2 Å². The summed E-state index contributed by atoms with van der Waals surface area (Å²) in [4.78, 5) is 17.1. The van der Waals surface area contributed by atoms with E-state index in [1.54, 1.807) is 19.2 Å². The number of amides is 2. The number of benzene rings is 2. The highest BCUT2D eigenvalue weighted by Gasteiger charge is 2.32. The summed E-state index contributed by atoms with van der Waals surface area (Å²) in [7, 11) is 4.25. The van der Waals surface area contributed by atoms with Crippen LogP contribution in [0, 0.1) is 0 Å². The maximum absolute atomic E-state index is 13.2. The fraction of sp³-hybridized carbons (Fsp3) is 0.480. The SMILES string of the molecule is BC(C)Oc1cc(C(C)C)c(N(C)C(=O)N=S(N)(=O)c2ccc(CN(C)C)cc2)c(C2CC2)c1. The minimum atomic E-state index is -3.39. The van der Waals surface area contributed by atoms with Gasteiger partial charge in [0.05, 0.1) is 16.6 Å². The Morgan fingerprint density at radius 1 is 1.18 bits per heavy atom. The lowest BCUT2D eigenvalue weighted by atomic mass is 9.94. The van der Waals surface area contributed by atoms with Crippen molar-refractivity contribution in [3.63, 3.8) is 0 Å². The molecule has 0 radical (unpaired) electrons. The summed E-state index contributed by atoms with van der Waals surface area (Å²) >= 11 is 0. The van der Waals surface area contributed by atoms with E-state index in [4.69, 9.17) is 9.88 Å². The molecular weight excluding hydrogens is 447 g/mol. The number of carbonyl (C=O) groups excluding carboxylic acids is 1. The average molecular weight is 484 g/mol. The first-order valence-electron chi connectivity index (χ1n) is 11.8. The van der Waals surface area contributed by atoms with Gasteiger partial charge in [0.2, 0.25) is 0 Å². The van der Waals surface area contributed by atoms with E-state index < -0.39 is 15.9 Å². The Kier molecular flexibility index (Phi) is 8.11. The molecule has 0 heterocycles. The van der Waals surface area contributed by atoms with Gasteiger partial charge in [0.1, 0.15) is 15.7 Å². The summed E-state index contributed by atoms with van der Waals surface area (Å²) in [5.74, 6) is 1.34. The smallest absolute Gasteiger partial charge is 0.357 e. The first-order valence-corrected chi connectivity index (χ1v) is 13.4. The van der Waals surface area contributed by atoms with E-state index in [2.05, 4.69) is 18.2 Å². The third-order valence-electron chi connectivity index (χ3n) is 5.75. The summed E-state index contributed by atoms with van der Waals surface area (Å²) in [5, 5.41) is 6.08. The van der Waals surface area contributed by atoms with Crippen molar-refractivity contribution in [1.82, 2.24) is 4.90 Å². The molecule has 0 bridgehead atoms. The van der Waals surface area contributed by atoms with Gasteiger partial charge in [-0.15, -0.1) is 4.36 Å². The van der Waals surface area contributed by atoms with Gasteiger partial charge in [0, 0.05) is 13.6 Å². The molecule has 0 spiro atoms. The Hall–Kier alpha value is -2.36. The minimum Gasteiger partial charge on any atom is -0.500 e. The molecule has 2 amide bonds. The summed E-state index contributed by atoms with van der Waals surface area (Å²) in [6, 6.07) is 10.6. The molecule has 2 atom stereocenters. The van der Waals surface area contributed by atoms with Crippen LogP contribution < -0.4 is 14.8 Å².